The number of hydrogen-bond acceptors (Lipinski definition) is 3. The van der Waals surface area contributed by atoms with Crippen molar-refractivity contribution in [3.05, 3.63) is 84.6 Å². The predicted molar refractivity (Wildman–Crippen MR) is 108 cm³/mol. The first-order valence-electron chi connectivity index (χ1n) is 8.57. The third-order valence-corrected chi connectivity index (χ3v) is 6.36. The molecule has 0 atom stereocenters. The van der Waals surface area contributed by atoms with Crippen LogP contribution in [0.5, 0.6) is 5.75 Å². The first-order chi connectivity index (χ1) is 13.0. The third kappa shape index (κ3) is 3.11. The highest BCUT2D eigenvalue weighted by atomic mass is 32.2. The van der Waals surface area contributed by atoms with Gasteiger partial charge in [-0.1, -0.05) is 42.0 Å². The van der Waals surface area contributed by atoms with Crippen LogP contribution in [0.3, 0.4) is 0 Å². The molecule has 0 unspecified atom stereocenters. The van der Waals surface area contributed by atoms with E-state index < -0.39 is 10.0 Å². The minimum atomic E-state index is -3.65. The number of nitrogens with zero attached hydrogens (tertiary/aromatic N) is 1. The lowest BCUT2D eigenvalue weighted by Crippen LogP contribution is -2.11. The molecule has 0 saturated heterocycles. The van der Waals surface area contributed by atoms with Crippen molar-refractivity contribution in [2.45, 2.75) is 11.8 Å². The molecule has 0 spiro atoms. The van der Waals surface area contributed by atoms with Crippen molar-refractivity contribution in [2.24, 2.45) is 0 Å². The third-order valence-electron chi connectivity index (χ3n) is 4.66. The number of fused-ring (bicyclic) bond motifs is 1. The van der Waals surface area contributed by atoms with Crippen LogP contribution in [0.4, 0.5) is 0 Å². The molecule has 27 heavy (non-hydrogen) atoms. The van der Waals surface area contributed by atoms with Gasteiger partial charge in [-0.3, -0.25) is 0 Å². The summed E-state index contributed by atoms with van der Waals surface area (Å²) < 4.78 is 32.7. The Morgan fingerprint density at radius 2 is 1.48 bits per heavy atom. The van der Waals surface area contributed by atoms with Crippen LogP contribution in [-0.2, 0) is 10.0 Å². The molecule has 0 aliphatic heterocycles. The monoisotopic (exact) mass is 377 g/mol. The Labute approximate surface area is 158 Å². The summed E-state index contributed by atoms with van der Waals surface area (Å²) in [6.45, 7) is 1.93. The number of methoxy groups -OCH3 is 1. The highest BCUT2D eigenvalue weighted by molar-refractivity contribution is 7.90. The molecule has 0 fully saturated rings. The first-order valence-corrected chi connectivity index (χ1v) is 10.0. The molecule has 1 aromatic heterocycles. The normalized spacial score (nSPS) is 11.6. The van der Waals surface area contributed by atoms with Gasteiger partial charge in [0.25, 0.3) is 10.0 Å². The van der Waals surface area contributed by atoms with Crippen molar-refractivity contribution < 1.29 is 13.2 Å². The molecule has 4 aromatic rings. The molecule has 0 bridgehead atoms. The van der Waals surface area contributed by atoms with Crippen molar-refractivity contribution in [1.82, 2.24) is 3.97 Å². The quantitative estimate of drug-likeness (QED) is 0.510. The van der Waals surface area contributed by atoms with E-state index in [4.69, 9.17) is 4.74 Å². The van der Waals surface area contributed by atoms with E-state index >= 15 is 0 Å². The van der Waals surface area contributed by atoms with Crippen molar-refractivity contribution in [3.8, 4) is 16.9 Å². The van der Waals surface area contributed by atoms with E-state index in [9.17, 15) is 8.42 Å². The van der Waals surface area contributed by atoms with Gasteiger partial charge in [-0.05, 0) is 54.4 Å². The smallest absolute Gasteiger partial charge is 0.268 e. The molecule has 0 aliphatic rings. The Bertz CT molecular complexity index is 1200. The fraction of sp³-hybridized carbons (Fsp3) is 0.0909. The molecule has 0 aliphatic carbocycles. The summed E-state index contributed by atoms with van der Waals surface area (Å²) in [6.07, 6.45) is 1.61. The first kappa shape index (κ1) is 17.4. The van der Waals surface area contributed by atoms with Gasteiger partial charge in [-0.2, -0.15) is 0 Å². The summed E-state index contributed by atoms with van der Waals surface area (Å²) in [4.78, 5) is 0.278. The second-order valence-electron chi connectivity index (χ2n) is 6.43. The van der Waals surface area contributed by atoms with Gasteiger partial charge in [0.1, 0.15) is 5.75 Å². The Kier molecular flexibility index (Phi) is 4.24. The van der Waals surface area contributed by atoms with Gasteiger partial charge in [-0.15, -0.1) is 0 Å². The van der Waals surface area contributed by atoms with Gasteiger partial charge in [-0.25, -0.2) is 12.4 Å². The summed E-state index contributed by atoms with van der Waals surface area (Å²) in [5.41, 5.74) is 3.62. The molecule has 0 saturated carbocycles. The zero-order chi connectivity index (χ0) is 19.0. The molecule has 136 valence electrons. The van der Waals surface area contributed by atoms with E-state index in [0.29, 0.717) is 5.52 Å². The zero-order valence-corrected chi connectivity index (χ0v) is 15.9. The van der Waals surface area contributed by atoms with Gasteiger partial charge in [0.2, 0.25) is 0 Å². The molecule has 4 nitrogen and oxygen atoms in total. The van der Waals surface area contributed by atoms with E-state index in [2.05, 4.69) is 0 Å². The maximum absolute atomic E-state index is 13.1. The minimum Gasteiger partial charge on any atom is -0.497 e. The summed E-state index contributed by atoms with van der Waals surface area (Å²) in [7, 11) is -2.02. The Morgan fingerprint density at radius 3 is 2.15 bits per heavy atom. The minimum absolute atomic E-state index is 0.278. The van der Waals surface area contributed by atoms with Crippen molar-refractivity contribution in [3.63, 3.8) is 0 Å². The maximum atomic E-state index is 13.1. The SMILES string of the molecule is COc1ccc(-c2ccc3ccn(S(=O)(=O)c4ccc(C)cc4)c3c2)cc1. The van der Waals surface area contributed by atoms with E-state index in [1.165, 1.54) is 3.97 Å². The van der Waals surface area contributed by atoms with Gasteiger partial charge in [0.05, 0.1) is 17.5 Å². The van der Waals surface area contributed by atoms with Crippen molar-refractivity contribution in [1.29, 1.82) is 0 Å². The molecule has 3 aromatic carbocycles. The van der Waals surface area contributed by atoms with Crippen LogP contribution in [-0.4, -0.2) is 19.5 Å². The lowest BCUT2D eigenvalue weighted by Gasteiger charge is -2.09. The summed E-state index contributed by atoms with van der Waals surface area (Å²) in [5, 5.41) is 0.878. The molecular weight excluding hydrogens is 358 g/mol. The Hall–Kier alpha value is -3.05. The maximum Gasteiger partial charge on any atom is 0.268 e. The summed E-state index contributed by atoms with van der Waals surface area (Å²) in [6, 6.07) is 22.3. The van der Waals surface area contributed by atoms with E-state index in [1.54, 1.807) is 37.6 Å². The second-order valence-corrected chi connectivity index (χ2v) is 8.25. The van der Waals surface area contributed by atoms with Gasteiger partial charge < -0.3 is 4.74 Å². The summed E-state index contributed by atoms with van der Waals surface area (Å²) >= 11 is 0. The highest BCUT2D eigenvalue weighted by Gasteiger charge is 2.19. The van der Waals surface area contributed by atoms with Crippen molar-refractivity contribution >= 4 is 20.9 Å². The van der Waals surface area contributed by atoms with Crippen LogP contribution in [0.1, 0.15) is 5.56 Å². The van der Waals surface area contributed by atoms with Gasteiger partial charge in [0.15, 0.2) is 0 Å². The second kappa shape index (κ2) is 6.59. The molecule has 0 radical (unpaired) electrons. The molecule has 5 heteroatoms. The average molecular weight is 377 g/mol. The standard InChI is InChI=1S/C22H19NO3S/c1-16-3-11-21(12-4-16)27(24,25)23-14-13-18-5-6-19(15-22(18)23)17-7-9-20(26-2)10-8-17/h3-15H,1-2H3. The zero-order valence-electron chi connectivity index (χ0n) is 15.1. The number of rotatable bonds is 4. The fourth-order valence-electron chi connectivity index (χ4n) is 3.10. The van der Waals surface area contributed by atoms with Crippen molar-refractivity contribution in [2.75, 3.05) is 7.11 Å². The molecule has 0 N–H and O–H groups in total. The number of aryl methyl sites for hydroxylation is 1. The fourth-order valence-corrected chi connectivity index (χ4v) is 4.45. The molecule has 0 amide bonds. The van der Waals surface area contributed by atoms with E-state index in [1.807, 2.05) is 55.5 Å². The van der Waals surface area contributed by atoms with E-state index in [-0.39, 0.29) is 4.90 Å². The van der Waals surface area contributed by atoms with Crippen LogP contribution >= 0.6 is 0 Å². The topological polar surface area (TPSA) is 48.3 Å². The van der Waals surface area contributed by atoms with Crippen LogP contribution < -0.4 is 4.74 Å². The molecule has 4 rings (SSSR count). The van der Waals surface area contributed by atoms with Gasteiger partial charge >= 0.3 is 0 Å². The predicted octanol–water partition coefficient (Wildman–Crippen LogP) is 4.86. The average Bonchev–Trinajstić information content (AvgIpc) is 3.12. The number of hydrogen-bond donors (Lipinski definition) is 0. The molecular formula is C22H19NO3S. The van der Waals surface area contributed by atoms with E-state index in [0.717, 1.165) is 27.8 Å². The molecule has 1 heterocycles. The van der Waals surface area contributed by atoms with Crippen LogP contribution in [0, 0.1) is 6.92 Å². The van der Waals surface area contributed by atoms with Gasteiger partial charge in [0, 0.05) is 11.6 Å². The van der Waals surface area contributed by atoms with Crippen LogP contribution in [0.25, 0.3) is 22.0 Å². The Balaban J connectivity index is 1.83. The number of aromatic nitrogens is 1. The number of benzene rings is 3. The highest BCUT2D eigenvalue weighted by Crippen LogP contribution is 2.29. The summed E-state index contributed by atoms with van der Waals surface area (Å²) in [5.74, 6) is 0.783. The largest absolute Gasteiger partial charge is 0.497 e. The van der Waals surface area contributed by atoms with Crippen LogP contribution in [0.2, 0.25) is 0 Å². The Morgan fingerprint density at radius 1 is 0.815 bits per heavy atom. The van der Waals surface area contributed by atoms with Crippen LogP contribution in [0.15, 0.2) is 83.9 Å². The lowest BCUT2D eigenvalue weighted by molar-refractivity contribution is 0.415. The lowest BCUT2D eigenvalue weighted by atomic mass is 10.0. The number of ether oxygens (including phenoxy) is 1.